The number of fused-ring (bicyclic) bond motifs is 1. The summed E-state index contributed by atoms with van der Waals surface area (Å²) in [6, 6.07) is 8.34. The van der Waals surface area contributed by atoms with Gasteiger partial charge in [-0.25, -0.2) is 4.79 Å². The Balaban J connectivity index is 0.00000145. The van der Waals surface area contributed by atoms with Crippen molar-refractivity contribution in [2.45, 2.75) is 112 Å². The Labute approximate surface area is 249 Å². The van der Waals surface area contributed by atoms with E-state index in [0.717, 1.165) is 64.2 Å². The van der Waals surface area contributed by atoms with E-state index in [1.807, 2.05) is 17.0 Å². The number of hydrogen-bond acceptors (Lipinski definition) is 5. The summed E-state index contributed by atoms with van der Waals surface area (Å²) in [4.78, 5) is 28.7. The third kappa shape index (κ3) is 4.83. The minimum atomic E-state index is -0.406. The van der Waals surface area contributed by atoms with E-state index in [1.54, 1.807) is 0 Å². The molecule has 7 nitrogen and oxygen atoms in total. The maximum absolute atomic E-state index is 13.5. The van der Waals surface area contributed by atoms with Gasteiger partial charge in [0.2, 0.25) is 5.91 Å². The van der Waals surface area contributed by atoms with Crippen LogP contribution in [0.5, 0.6) is 0 Å². The quantitative estimate of drug-likeness (QED) is 0.456. The molecule has 1 aliphatic heterocycles. The number of ether oxygens (including phenoxy) is 1. The second kappa shape index (κ2) is 9.75. The number of nitrogens with zero attached hydrogens (tertiary/aromatic N) is 1. The van der Waals surface area contributed by atoms with Crippen LogP contribution >= 0.6 is 24.8 Å². The Morgan fingerprint density at radius 3 is 1.95 bits per heavy atom. The first kappa shape index (κ1) is 28.6. The first-order valence-electron chi connectivity index (χ1n) is 15.1. The van der Waals surface area contributed by atoms with Gasteiger partial charge < -0.3 is 26.0 Å². The molecule has 0 saturated heterocycles. The van der Waals surface area contributed by atoms with Crippen molar-refractivity contribution in [3.63, 3.8) is 0 Å². The third-order valence-electron chi connectivity index (χ3n) is 11.6. The van der Waals surface area contributed by atoms with Gasteiger partial charge in [0.15, 0.2) is 0 Å². The standard InChI is InChI=1S/C31H42N4O3.2ClH/c32-28-7-20-5-21(8-28)12-30(11-20,18-28)34-27(37)38-31-13-22-6-23(14-31)10-29(9-22,19-31)33-15-26(36)35-16-24-3-1-2-4-25(24)17-35;;/h1-4,20-23,33H,5-19,32H2,(H,34,37);2*1H. The first-order chi connectivity index (χ1) is 18.2. The van der Waals surface area contributed by atoms with Crippen molar-refractivity contribution in [2.24, 2.45) is 29.4 Å². The molecule has 220 valence electrons. The van der Waals surface area contributed by atoms with Crippen molar-refractivity contribution in [1.29, 1.82) is 0 Å². The maximum Gasteiger partial charge on any atom is 0.408 e. The van der Waals surface area contributed by atoms with Gasteiger partial charge in [0.05, 0.1) is 6.54 Å². The molecule has 8 bridgehead atoms. The Morgan fingerprint density at radius 1 is 0.825 bits per heavy atom. The number of carbonyl (C=O) groups is 2. The summed E-state index contributed by atoms with van der Waals surface area (Å²) in [5, 5.41) is 7.15. The van der Waals surface area contributed by atoms with Crippen LogP contribution in [0.25, 0.3) is 0 Å². The molecule has 9 heteroatoms. The number of amides is 2. The molecule has 10 rings (SSSR count). The topological polar surface area (TPSA) is 96.7 Å². The van der Waals surface area contributed by atoms with Gasteiger partial charge in [-0.05, 0) is 105 Å². The number of nitrogens with two attached hydrogens (primary N) is 1. The summed E-state index contributed by atoms with van der Waals surface area (Å²) < 4.78 is 6.47. The Morgan fingerprint density at radius 2 is 1.38 bits per heavy atom. The van der Waals surface area contributed by atoms with Crippen LogP contribution in [-0.2, 0) is 22.6 Å². The van der Waals surface area contributed by atoms with E-state index in [0.29, 0.717) is 43.3 Å². The minimum absolute atomic E-state index is 0. The summed E-state index contributed by atoms with van der Waals surface area (Å²) in [6.45, 7) is 1.77. The number of benzene rings is 1. The van der Waals surface area contributed by atoms with E-state index < -0.39 is 5.60 Å². The molecule has 40 heavy (non-hydrogen) atoms. The van der Waals surface area contributed by atoms with Crippen LogP contribution < -0.4 is 16.4 Å². The number of rotatable bonds is 5. The van der Waals surface area contributed by atoms with E-state index in [2.05, 4.69) is 22.8 Å². The molecule has 1 aromatic rings. The van der Waals surface area contributed by atoms with E-state index in [-0.39, 0.29) is 53.4 Å². The molecule has 4 atom stereocenters. The van der Waals surface area contributed by atoms with Gasteiger partial charge in [-0.3, -0.25) is 4.79 Å². The van der Waals surface area contributed by atoms with Crippen molar-refractivity contribution >= 4 is 36.8 Å². The van der Waals surface area contributed by atoms with Crippen molar-refractivity contribution in [1.82, 2.24) is 15.5 Å². The Bertz CT molecular complexity index is 1140. The zero-order valence-corrected chi connectivity index (χ0v) is 24.9. The zero-order valence-electron chi connectivity index (χ0n) is 23.3. The maximum atomic E-state index is 13.5. The molecule has 8 saturated carbocycles. The van der Waals surface area contributed by atoms with Gasteiger partial charge in [0, 0.05) is 36.1 Å². The predicted molar refractivity (Wildman–Crippen MR) is 157 cm³/mol. The molecule has 0 radical (unpaired) electrons. The molecule has 1 aromatic carbocycles. The van der Waals surface area contributed by atoms with Gasteiger partial charge >= 0.3 is 6.09 Å². The summed E-state index contributed by atoms with van der Waals surface area (Å²) in [7, 11) is 0. The van der Waals surface area contributed by atoms with Crippen LogP contribution in [0.1, 0.15) is 88.2 Å². The average molecular weight is 592 g/mol. The Kier molecular flexibility index (Phi) is 6.97. The summed E-state index contributed by atoms with van der Waals surface area (Å²) in [5.41, 5.74) is 8.52. The lowest BCUT2D eigenvalue weighted by Crippen LogP contribution is -2.69. The largest absolute Gasteiger partial charge is 0.443 e. The molecule has 0 spiro atoms. The highest BCUT2D eigenvalue weighted by molar-refractivity contribution is 5.85. The molecule has 8 aliphatic carbocycles. The normalized spacial score (nSPS) is 43.1. The molecule has 4 N–H and O–H groups in total. The monoisotopic (exact) mass is 590 g/mol. The van der Waals surface area contributed by atoms with Crippen molar-refractivity contribution < 1.29 is 14.3 Å². The summed E-state index contributed by atoms with van der Waals surface area (Å²) in [6.07, 6.45) is 12.5. The average Bonchev–Trinajstić information content (AvgIpc) is 3.24. The fourth-order valence-electron chi connectivity index (χ4n) is 11.3. The van der Waals surface area contributed by atoms with Crippen LogP contribution in [-0.4, -0.2) is 45.7 Å². The minimum Gasteiger partial charge on any atom is -0.443 e. The van der Waals surface area contributed by atoms with Gasteiger partial charge in [-0.1, -0.05) is 24.3 Å². The molecule has 4 unspecified atom stereocenters. The lowest BCUT2D eigenvalue weighted by Gasteiger charge is -2.62. The van der Waals surface area contributed by atoms with Gasteiger partial charge in [-0.2, -0.15) is 0 Å². The second-order valence-corrected chi connectivity index (χ2v) is 14.9. The van der Waals surface area contributed by atoms with Crippen LogP contribution in [0.2, 0.25) is 0 Å². The lowest BCUT2D eigenvalue weighted by molar-refractivity contribution is -0.150. The highest BCUT2D eigenvalue weighted by Gasteiger charge is 2.61. The zero-order chi connectivity index (χ0) is 25.8. The van der Waals surface area contributed by atoms with Crippen molar-refractivity contribution in [3.05, 3.63) is 35.4 Å². The summed E-state index contributed by atoms with van der Waals surface area (Å²) in [5.74, 6) is 2.59. The van der Waals surface area contributed by atoms with Crippen molar-refractivity contribution in [2.75, 3.05) is 6.54 Å². The second-order valence-electron chi connectivity index (χ2n) is 14.9. The molecular weight excluding hydrogens is 547 g/mol. The number of carbonyl (C=O) groups excluding carboxylic acids is 2. The first-order valence-corrected chi connectivity index (χ1v) is 15.1. The number of hydrogen-bond donors (Lipinski definition) is 3. The SMILES string of the molecule is Cl.Cl.NC12CC3CC(C1)CC(NC(=O)OC14CC5CC(CC(NCC(=O)N6Cc7ccccc7C6)(C5)C1)C4)(C3)C2. The molecule has 9 aliphatic rings. The fraction of sp³-hybridized carbons (Fsp3) is 0.742. The summed E-state index contributed by atoms with van der Waals surface area (Å²) >= 11 is 0. The van der Waals surface area contributed by atoms with Crippen LogP contribution in [0.4, 0.5) is 4.79 Å². The molecule has 1 heterocycles. The van der Waals surface area contributed by atoms with Crippen molar-refractivity contribution in [3.8, 4) is 0 Å². The van der Waals surface area contributed by atoms with E-state index in [4.69, 9.17) is 10.5 Å². The number of alkyl carbamates (subject to hydrolysis) is 1. The smallest absolute Gasteiger partial charge is 0.408 e. The van der Waals surface area contributed by atoms with Gasteiger partial charge in [0.25, 0.3) is 0 Å². The molecule has 8 fully saturated rings. The number of halogens is 2. The predicted octanol–water partition coefficient (Wildman–Crippen LogP) is 4.83. The fourth-order valence-corrected chi connectivity index (χ4v) is 11.3. The Hall–Kier alpha value is -1.54. The van der Waals surface area contributed by atoms with E-state index >= 15 is 0 Å². The highest BCUT2D eigenvalue weighted by Crippen LogP contribution is 2.60. The third-order valence-corrected chi connectivity index (χ3v) is 11.6. The van der Waals surface area contributed by atoms with E-state index in [9.17, 15) is 9.59 Å². The van der Waals surface area contributed by atoms with Crippen LogP contribution in [0.15, 0.2) is 24.3 Å². The van der Waals surface area contributed by atoms with Gasteiger partial charge in [-0.15, -0.1) is 24.8 Å². The van der Waals surface area contributed by atoms with E-state index in [1.165, 1.54) is 24.0 Å². The number of nitrogens with one attached hydrogen (secondary N) is 2. The highest BCUT2D eigenvalue weighted by atomic mass is 35.5. The van der Waals surface area contributed by atoms with Crippen LogP contribution in [0.3, 0.4) is 0 Å². The molecular formula is C31H44Cl2N4O3. The molecule has 2 amide bonds. The lowest BCUT2D eigenvalue weighted by atomic mass is 9.50. The molecule has 0 aromatic heterocycles. The van der Waals surface area contributed by atoms with Crippen LogP contribution in [0, 0.1) is 23.7 Å². The van der Waals surface area contributed by atoms with Gasteiger partial charge in [0.1, 0.15) is 5.60 Å².